The summed E-state index contributed by atoms with van der Waals surface area (Å²) in [5, 5.41) is 19.1. The first-order valence-corrected chi connectivity index (χ1v) is 8.50. The highest BCUT2D eigenvalue weighted by molar-refractivity contribution is 5.89. The summed E-state index contributed by atoms with van der Waals surface area (Å²) in [6.45, 7) is 0.0726. The predicted molar refractivity (Wildman–Crippen MR) is 101 cm³/mol. The maximum Gasteiger partial charge on any atom is 0.247 e. The zero-order valence-electron chi connectivity index (χ0n) is 15.4. The Balaban J connectivity index is 1.44. The molecular formula is C18H18N8O2. The summed E-state index contributed by atoms with van der Waals surface area (Å²) in [6.07, 6.45) is 6.99. The number of nitrogens with zero attached hydrogens (tertiary/aromatic N) is 7. The first-order valence-electron chi connectivity index (χ1n) is 8.50. The number of aryl methyl sites for hydroxylation is 1. The number of rotatable bonds is 6. The Labute approximate surface area is 160 Å². The number of aromatic nitrogens is 7. The van der Waals surface area contributed by atoms with Crippen LogP contribution < -0.4 is 10.1 Å². The third-order valence-corrected chi connectivity index (χ3v) is 4.03. The Hall–Kier alpha value is -3.95. The zero-order valence-corrected chi connectivity index (χ0v) is 15.4. The van der Waals surface area contributed by atoms with Gasteiger partial charge in [0.1, 0.15) is 12.3 Å². The number of nitrogens with one attached hydrogen (secondary N) is 1. The summed E-state index contributed by atoms with van der Waals surface area (Å²) in [5.41, 5.74) is 2.49. The van der Waals surface area contributed by atoms with Gasteiger partial charge in [0.2, 0.25) is 5.91 Å². The van der Waals surface area contributed by atoms with E-state index in [1.165, 1.54) is 4.68 Å². The van der Waals surface area contributed by atoms with Gasteiger partial charge in [0.05, 0.1) is 30.9 Å². The van der Waals surface area contributed by atoms with Gasteiger partial charge in [-0.3, -0.25) is 14.2 Å². The van der Waals surface area contributed by atoms with Crippen LogP contribution in [0.5, 0.6) is 5.75 Å². The molecule has 1 N–H and O–H groups in total. The lowest BCUT2D eigenvalue weighted by molar-refractivity contribution is -0.116. The molecular weight excluding hydrogens is 360 g/mol. The maximum atomic E-state index is 12.1. The van der Waals surface area contributed by atoms with Crippen molar-refractivity contribution in [3.63, 3.8) is 0 Å². The molecule has 0 atom stereocenters. The number of carbonyl (C=O) groups is 1. The van der Waals surface area contributed by atoms with Crippen LogP contribution in [0, 0.1) is 0 Å². The van der Waals surface area contributed by atoms with Crippen LogP contribution in [0.25, 0.3) is 16.9 Å². The molecule has 4 rings (SSSR count). The van der Waals surface area contributed by atoms with Gasteiger partial charge < -0.3 is 10.1 Å². The molecule has 1 aromatic carbocycles. The van der Waals surface area contributed by atoms with E-state index in [0.717, 1.165) is 22.7 Å². The van der Waals surface area contributed by atoms with E-state index in [1.54, 1.807) is 42.1 Å². The number of amides is 1. The summed E-state index contributed by atoms with van der Waals surface area (Å²) in [4.78, 5) is 12.1. The molecule has 0 aliphatic rings. The average molecular weight is 378 g/mol. The molecule has 3 heterocycles. The lowest BCUT2D eigenvalue weighted by Gasteiger charge is -2.03. The summed E-state index contributed by atoms with van der Waals surface area (Å²) in [5.74, 6) is 0.958. The summed E-state index contributed by atoms with van der Waals surface area (Å²) in [7, 11) is 3.36. The van der Waals surface area contributed by atoms with Crippen LogP contribution in [0.1, 0.15) is 0 Å². The van der Waals surface area contributed by atoms with E-state index in [-0.39, 0.29) is 12.5 Å². The lowest BCUT2D eigenvalue weighted by Crippen LogP contribution is -2.19. The molecule has 142 valence electrons. The van der Waals surface area contributed by atoms with Crippen molar-refractivity contribution >= 4 is 11.7 Å². The molecule has 0 aliphatic heterocycles. The van der Waals surface area contributed by atoms with Crippen LogP contribution in [0.4, 0.5) is 5.82 Å². The number of hydrogen-bond acceptors (Lipinski definition) is 6. The third kappa shape index (κ3) is 3.75. The molecule has 10 heteroatoms. The van der Waals surface area contributed by atoms with Crippen molar-refractivity contribution in [3.05, 3.63) is 55.1 Å². The second kappa shape index (κ2) is 7.35. The van der Waals surface area contributed by atoms with E-state index < -0.39 is 0 Å². The smallest absolute Gasteiger partial charge is 0.247 e. The van der Waals surface area contributed by atoms with Crippen molar-refractivity contribution < 1.29 is 9.53 Å². The highest BCUT2D eigenvalue weighted by Crippen LogP contribution is 2.19. The fraction of sp³-hybridized carbons (Fsp3) is 0.167. The molecule has 0 radical (unpaired) electrons. The number of anilines is 1. The molecule has 0 spiro atoms. The summed E-state index contributed by atoms with van der Waals surface area (Å²) in [6, 6.07) is 9.43. The predicted octanol–water partition coefficient (Wildman–Crippen LogP) is 1.51. The van der Waals surface area contributed by atoms with Gasteiger partial charge >= 0.3 is 0 Å². The van der Waals surface area contributed by atoms with E-state index in [1.807, 2.05) is 36.5 Å². The van der Waals surface area contributed by atoms with Crippen LogP contribution in [-0.4, -0.2) is 47.6 Å². The SMILES string of the molecule is COc1ccc(-n2cc(-c3ccn(CC(=O)Nc4cn(C)nn4)n3)cn2)cc1. The van der Waals surface area contributed by atoms with Crippen LogP contribution in [0.15, 0.2) is 55.1 Å². The van der Waals surface area contributed by atoms with Gasteiger partial charge in [-0.2, -0.15) is 10.2 Å². The van der Waals surface area contributed by atoms with E-state index in [0.29, 0.717) is 5.82 Å². The highest BCUT2D eigenvalue weighted by atomic mass is 16.5. The average Bonchev–Trinajstić information content (AvgIpc) is 3.43. The Kier molecular flexibility index (Phi) is 4.58. The standard InChI is InChI=1S/C18H18N8O2/c1-24-11-17(21-23-24)20-18(27)12-25-8-7-16(22-25)13-9-19-26(10-13)14-3-5-15(28-2)6-4-14/h3-11H,12H2,1-2H3,(H,20,27). The Bertz CT molecular complexity index is 1090. The molecule has 0 unspecified atom stereocenters. The molecule has 4 aromatic rings. The van der Waals surface area contributed by atoms with Crippen LogP contribution >= 0.6 is 0 Å². The maximum absolute atomic E-state index is 12.1. The van der Waals surface area contributed by atoms with Crippen molar-refractivity contribution in [2.45, 2.75) is 6.54 Å². The van der Waals surface area contributed by atoms with Gasteiger partial charge in [0, 0.05) is 25.0 Å². The molecule has 3 aromatic heterocycles. The van der Waals surface area contributed by atoms with Crippen LogP contribution in [0.3, 0.4) is 0 Å². The number of carbonyl (C=O) groups excluding carboxylic acids is 1. The van der Waals surface area contributed by atoms with Gasteiger partial charge in [0.15, 0.2) is 5.82 Å². The monoisotopic (exact) mass is 378 g/mol. The normalized spacial score (nSPS) is 10.8. The molecule has 28 heavy (non-hydrogen) atoms. The second-order valence-corrected chi connectivity index (χ2v) is 6.10. The topological polar surface area (TPSA) is 105 Å². The first-order chi connectivity index (χ1) is 13.6. The minimum absolute atomic E-state index is 0.0726. The van der Waals surface area contributed by atoms with Crippen molar-refractivity contribution in [1.29, 1.82) is 0 Å². The quantitative estimate of drug-likeness (QED) is 0.545. The molecule has 0 fully saturated rings. The van der Waals surface area contributed by atoms with Gasteiger partial charge in [0.25, 0.3) is 0 Å². The minimum Gasteiger partial charge on any atom is -0.497 e. The number of ether oxygens (including phenoxy) is 1. The van der Waals surface area contributed by atoms with Gasteiger partial charge in [-0.15, -0.1) is 5.10 Å². The van der Waals surface area contributed by atoms with E-state index in [2.05, 4.69) is 25.8 Å². The third-order valence-electron chi connectivity index (χ3n) is 4.03. The van der Waals surface area contributed by atoms with Gasteiger partial charge in [-0.05, 0) is 30.3 Å². The van der Waals surface area contributed by atoms with E-state index in [4.69, 9.17) is 4.74 Å². The van der Waals surface area contributed by atoms with Crippen molar-refractivity contribution in [1.82, 2.24) is 34.6 Å². The van der Waals surface area contributed by atoms with E-state index >= 15 is 0 Å². The fourth-order valence-electron chi connectivity index (χ4n) is 2.67. The summed E-state index contributed by atoms with van der Waals surface area (Å²) >= 11 is 0. The molecule has 10 nitrogen and oxygen atoms in total. The lowest BCUT2D eigenvalue weighted by atomic mass is 10.2. The summed E-state index contributed by atoms with van der Waals surface area (Å²) < 4.78 is 10.0. The Morgan fingerprint density at radius 3 is 2.71 bits per heavy atom. The van der Waals surface area contributed by atoms with Crippen LogP contribution in [-0.2, 0) is 18.4 Å². The fourth-order valence-corrected chi connectivity index (χ4v) is 2.67. The molecule has 0 aliphatic carbocycles. The number of hydrogen-bond donors (Lipinski definition) is 1. The molecule has 0 bridgehead atoms. The van der Waals surface area contributed by atoms with E-state index in [9.17, 15) is 4.79 Å². The van der Waals surface area contributed by atoms with Crippen molar-refractivity contribution in [2.75, 3.05) is 12.4 Å². The number of benzene rings is 1. The number of methoxy groups -OCH3 is 1. The van der Waals surface area contributed by atoms with Crippen LogP contribution in [0.2, 0.25) is 0 Å². The Morgan fingerprint density at radius 1 is 1.18 bits per heavy atom. The van der Waals surface area contributed by atoms with Gasteiger partial charge in [-0.25, -0.2) is 4.68 Å². The highest BCUT2D eigenvalue weighted by Gasteiger charge is 2.10. The largest absolute Gasteiger partial charge is 0.497 e. The minimum atomic E-state index is -0.232. The van der Waals surface area contributed by atoms with Crippen molar-refractivity contribution in [3.8, 4) is 22.7 Å². The van der Waals surface area contributed by atoms with Crippen molar-refractivity contribution in [2.24, 2.45) is 7.05 Å². The second-order valence-electron chi connectivity index (χ2n) is 6.10. The van der Waals surface area contributed by atoms with Gasteiger partial charge in [-0.1, -0.05) is 5.21 Å². The Morgan fingerprint density at radius 2 is 2.00 bits per heavy atom. The zero-order chi connectivity index (χ0) is 19.5. The molecule has 1 amide bonds. The first kappa shape index (κ1) is 17.5. The molecule has 0 saturated heterocycles. The molecule has 0 saturated carbocycles.